The lowest BCUT2D eigenvalue weighted by Gasteiger charge is -2.03. The molecule has 0 bridgehead atoms. The van der Waals surface area contributed by atoms with E-state index in [9.17, 15) is 9.59 Å². The van der Waals surface area contributed by atoms with Crippen LogP contribution in [0.4, 0.5) is 0 Å². The number of carbonyl (C=O) groups is 1. The summed E-state index contributed by atoms with van der Waals surface area (Å²) in [5.41, 5.74) is 1.22. The van der Waals surface area contributed by atoms with Crippen LogP contribution in [0.25, 0.3) is 4.96 Å². The average molecular weight is 350 g/mol. The molecule has 118 valence electrons. The van der Waals surface area contributed by atoms with E-state index in [0.717, 1.165) is 16.9 Å². The lowest BCUT2D eigenvalue weighted by atomic mass is 10.1. The zero-order valence-corrected chi connectivity index (χ0v) is 13.9. The van der Waals surface area contributed by atoms with Gasteiger partial charge in [0.25, 0.3) is 5.56 Å². The number of benzene rings is 1. The van der Waals surface area contributed by atoms with Crippen LogP contribution in [0.1, 0.15) is 26.6 Å². The number of esters is 1. The second-order valence-electron chi connectivity index (χ2n) is 4.83. The summed E-state index contributed by atoms with van der Waals surface area (Å²) in [4.78, 5) is 28.6. The molecule has 2 aromatic heterocycles. The second kappa shape index (κ2) is 6.10. The highest BCUT2D eigenvalue weighted by Crippen LogP contribution is 2.21. The van der Waals surface area contributed by atoms with Gasteiger partial charge in [0.15, 0.2) is 0 Å². The van der Waals surface area contributed by atoms with Gasteiger partial charge in [0.1, 0.15) is 10.6 Å². The summed E-state index contributed by atoms with van der Waals surface area (Å²) in [6.07, 6.45) is 0.275. The Bertz CT molecular complexity index is 964. The van der Waals surface area contributed by atoms with Crippen molar-refractivity contribution in [3.8, 4) is 0 Å². The van der Waals surface area contributed by atoms with E-state index in [1.54, 1.807) is 13.0 Å². The standard InChI is InChI=1S/C15H12ClN3O3S/c1-8-12(14(21)22-2)23-15-17-13(20)11(18-19(8)15)7-9-5-3-4-6-10(9)16/h3-6H,7H2,1-2H3. The number of halogens is 1. The van der Waals surface area contributed by atoms with Crippen molar-refractivity contribution in [2.45, 2.75) is 13.3 Å². The normalized spacial score (nSPS) is 10.9. The Hall–Kier alpha value is -2.25. The van der Waals surface area contributed by atoms with E-state index in [0.29, 0.717) is 20.6 Å². The summed E-state index contributed by atoms with van der Waals surface area (Å²) in [7, 11) is 1.31. The Labute approximate surface area is 140 Å². The highest BCUT2D eigenvalue weighted by molar-refractivity contribution is 7.18. The van der Waals surface area contributed by atoms with E-state index in [2.05, 4.69) is 10.1 Å². The van der Waals surface area contributed by atoms with Gasteiger partial charge in [-0.25, -0.2) is 9.31 Å². The maximum Gasteiger partial charge on any atom is 0.350 e. The first-order valence-corrected chi connectivity index (χ1v) is 7.91. The SMILES string of the molecule is COC(=O)c1sc2nc(=O)c(Cc3ccccc3Cl)nn2c1C. The number of thiazole rings is 1. The van der Waals surface area contributed by atoms with E-state index < -0.39 is 11.5 Å². The van der Waals surface area contributed by atoms with Gasteiger partial charge < -0.3 is 4.74 Å². The summed E-state index contributed by atoms with van der Waals surface area (Å²) in [6.45, 7) is 1.73. The zero-order valence-electron chi connectivity index (χ0n) is 12.4. The molecule has 1 aromatic carbocycles. The van der Waals surface area contributed by atoms with Crippen LogP contribution in [-0.4, -0.2) is 27.7 Å². The Morgan fingerprint density at radius 2 is 2.13 bits per heavy atom. The molecule has 0 N–H and O–H groups in total. The molecule has 23 heavy (non-hydrogen) atoms. The van der Waals surface area contributed by atoms with Crippen molar-refractivity contribution in [3.05, 3.63) is 61.5 Å². The Balaban J connectivity index is 2.11. The molecule has 8 heteroatoms. The van der Waals surface area contributed by atoms with Crippen LogP contribution in [0, 0.1) is 6.92 Å². The summed E-state index contributed by atoms with van der Waals surface area (Å²) in [6, 6.07) is 7.25. The van der Waals surface area contributed by atoms with E-state index in [4.69, 9.17) is 16.3 Å². The Morgan fingerprint density at radius 1 is 1.39 bits per heavy atom. The number of carbonyl (C=O) groups excluding carboxylic acids is 1. The molecule has 3 rings (SSSR count). The zero-order chi connectivity index (χ0) is 16.6. The molecule has 0 spiro atoms. The molecule has 3 aromatic rings. The third-order valence-electron chi connectivity index (χ3n) is 3.37. The first kappa shape index (κ1) is 15.6. The number of methoxy groups -OCH3 is 1. The number of hydrogen-bond acceptors (Lipinski definition) is 6. The number of aryl methyl sites for hydroxylation is 1. The first-order valence-electron chi connectivity index (χ1n) is 6.72. The lowest BCUT2D eigenvalue weighted by Crippen LogP contribution is -2.19. The highest BCUT2D eigenvalue weighted by atomic mass is 35.5. The fraction of sp³-hybridized carbons (Fsp3) is 0.200. The maximum atomic E-state index is 12.2. The quantitative estimate of drug-likeness (QED) is 0.679. The molecule has 6 nitrogen and oxygen atoms in total. The van der Waals surface area contributed by atoms with E-state index in [1.165, 1.54) is 11.6 Å². The molecule has 0 unspecified atom stereocenters. The lowest BCUT2D eigenvalue weighted by molar-refractivity contribution is 0.0605. The average Bonchev–Trinajstić information content (AvgIpc) is 2.85. The van der Waals surface area contributed by atoms with Gasteiger partial charge >= 0.3 is 5.97 Å². The van der Waals surface area contributed by atoms with Crippen LogP contribution in [-0.2, 0) is 11.2 Å². The van der Waals surface area contributed by atoms with Gasteiger partial charge in [0.05, 0.1) is 12.8 Å². The van der Waals surface area contributed by atoms with Crippen molar-refractivity contribution < 1.29 is 9.53 Å². The number of fused-ring (bicyclic) bond motifs is 1. The molecule has 0 saturated carbocycles. The number of hydrogen-bond donors (Lipinski definition) is 0. The molecular weight excluding hydrogens is 338 g/mol. The van der Waals surface area contributed by atoms with Crippen molar-refractivity contribution in [2.24, 2.45) is 0 Å². The van der Waals surface area contributed by atoms with Gasteiger partial charge in [0, 0.05) is 11.4 Å². The third kappa shape index (κ3) is 2.85. The smallest absolute Gasteiger partial charge is 0.350 e. The third-order valence-corrected chi connectivity index (χ3v) is 4.85. The predicted molar refractivity (Wildman–Crippen MR) is 87.5 cm³/mol. The van der Waals surface area contributed by atoms with Gasteiger partial charge in [-0.05, 0) is 18.6 Å². The van der Waals surface area contributed by atoms with E-state index >= 15 is 0 Å². The van der Waals surface area contributed by atoms with Crippen LogP contribution >= 0.6 is 22.9 Å². The fourth-order valence-corrected chi connectivity index (χ4v) is 3.34. The molecule has 0 aliphatic rings. The van der Waals surface area contributed by atoms with Crippen LogP contribution in [0.2, 0.25) is 5.02 Å². The van der Waals surface area contributed by atoms with Crippen molar-refractivity contribution in [2.75, 3.05) is 7.11 Å². The number of rotatable bonds is 3. The van der Waals surface area contributed by atoms with Gasteiger partial charge in [-0.3, -0.25) is 4.79 Å². The topological polar surface area (TPSA) is 73.6 Å². The Kier molecular flexibility index (Phi) is 4.14. The maximum absolute atomic E-state index is 12.2. The molecule has 0 amide bonds. The predicted octanol–water partition coefficient (Wildman–Crippen LogP) is 2.49. The summed E-state index contributed by atoms with van der Waals surface area (Å²) >= 11 is 7.20. The van der Waals surface area contributed by atoms with Gasteiger partial charge in [-0.15, -0.1) is 0 Å². The molecule has 0 radical (unpaired) electrons. The van der Waals surface area contributed by atoms with Crippen molar-refractivity contribution in [3.63, 3.8) is 0 Å². The monoisotopic (exact) mass is 349 g/mol. The number of aromatic nitrogens is 3. The van der Waals surface area contributed by atoms with Gasteiger partial charge in [-0.1, -0.05) is 41.1 Å². The summed E-state index contributed by atoms with van der Waals surface area (Å²) in [5, 5.41) is 4.90. The second-order valence-corrected chi connectivity index (χ2v) is 6.22. The van der Waals surface area contributed by atoms with Crippen molar-refractivity contribution >= 4 is 33.9 Å². The molecule has 0 atom stereocenters. The fourth-order valence-electron chi connectivity index (χ4n) is 2.17. The van der Waals surface area contributed by atoms with Crippen LogP contribution in [0.3, 0.4) is 0 Å². The van der Waals surface area contributed by atoms with Crippen LogP contribution in [0.15, 0.2) is 29.1 Å². The Morgan fingerprint density at radius 3 is 2.83 bits per heavy atom. The largest absolute Gasteiger partial charge is 0.465 e. The summed E-state index contributed by atoms with van der Waals surface area (Å²) in [5.74, 6) is -0.472. The van der Waals surface area contributed by atoms with E-state index in [-0.39, 0.29) is 12.1 Å². The van der Waals surface area contributed by atoms with Crippen molar-refractivity contribution in [1.29, 1.82) is 0 Å². The summed E-state index contributed by atoms with van der Waals surface area (Å²) < 4.78 is 6.22. The number of ether oxygens (including phenoxy) is 1. The van der Waals surface area contributed by atoms with Crippen LogP contribution < -0.4 is 5.56 Å². The minimum atomic E-state index is -0.472. The first-order chi connectivity index (χ1) is 11.0. The van der Waals surface area contributed by atoms with Gasteiger partial charge in [0.2, 0.25) is 4.96 Å². The number of nitrogens with zero attached hydrogens (tertiary/aromatic N) is 3. The molecule has 2 heterocycles. The van der Waals surface area contributed by atoms with E-state index in [1.807, 2.05) is 18.2 Å². The molecule has 0 aliphatic carbocycles. The highest BCUT2D eigenvalue weighted by Gasteiger charge is 2.19. The van der Waals surface area contributed by atoms with Gasteiger partial charge in [-0.2, -0.15) is 10.1 Å². The van der Waals surface area contributed by atoms with Crippen LogP contribution in [0.5, 0.6) is 0 Å². The molecular formula is C15H12ClN3O3S. The molecule has 0 saturated heterocycles. The van der Waals surface area contributed by atoms with Crippen molar-refractivity contribution in [1.82, 2.24) is 14.6 Å². The molecule has 0 aliphatic heterocycles. The minimum absolute atomic E-state index is 0.271. The molecule has 0 fully saturated rings. The minimum Gasteiger partial charge on any atom is -0.465 e.